The zero-order chi connectivity index (χ0) is 27.6. The lowest BCUT2D eigenvalue weighted by molar-refractivity contribution is -0.137. The van der Waals surface area contributed by atoms with Crippen LogP contribution in [0, 0.1) is 5.82 Å². The fourth-order valence-corrected chi connectivity index (χ4v) is 4.82. The van der Waals surface area contributed by atoms with Gasteiger partial charge < -0.3 is 14.4 Å². The Kier molecular flexibility index (Phi) is 7.52. The molecule has 1 atom stereocenters. The number of hydrogen-bond donors (Lipinski definition) is 0. The summed E-state index contributed by atoms with van der Waals surface area (Å²) in [6.45, 7) is 0.947. The van der Waals surface area contributed by atoms with Crippen molar-refractivity contribution in [1.82, 2.24) is 9.88 Å². The summed E-state index contributed by atoms with van der Waals surface area (Å²) < 4.78 is 64.7. The molecule has 5 nitrogen and oxygen atoms in total. The van der Waals surface area contributed by atoms with Crippen LogP contribution < -0.4 is 4.74 Å². The first-order valence-electron chi connectivity index (χ1n) is 12.5. The van der Waals surface area contributed by atoms with Crippen LogP contribution in [0.25, 0.3) is 22.2 Å². The monoisotopic (exact) mass is 538 g/mol. The number of alkyl halides is 3. The van der Waals surface area contributed by atoms with E-state index in [0.717, 1.165) is 25.0 Å². The van der Waals surface area contributed by atoms with Crippen molar-refractivity contribution in [1.29, 1.82) is 0 Å². The standard InChI is InChI=1S/C30H26F4N2O3/c1-38-27-7-3-2-6-25(27)28-21(15-20-10-13-23(31)16-26(20)35-28)17-36(18-24-5-4-14-39-24)29(37)19-8-11-22(12-9-19)30(32,33)34/h2-3,6-13,15-16,24H,4-5,14,17-18H2,1H3. The van der Waals surface area contributed by atoms with E-state index in [9.17, 15) is 22.4 Å². The van der Waals surface area contributed by atoms with Gasteiger partial charge in [0.15, 0.2) is 0 Å². The maximum absolute atomic E-state index is 14.0. The first kappa shape index (κ1) is 26.6. The minimum absolute atomic E-state index is 0.105. The number of para-hydroxylation sites is 1. The number of carbonyl (C=O) groups is 1. The molecule has 5 rings (SSSR count). The van der Waals surface area contributed by atoms with Gasteiger partial charge in [-0.3, -0.25) is 4.79 Å². The third-order valence-electron chi connectivity index (χ3n) is 6.78. The Morgan fingerprint density at radius 3 is 2.54 bits per heavy atom. The SMILES string of the molecule is COc1ccccc1-c1nc2cc(F)ccc2cc1CN(CC1CCCO1)C(=O)c1ccc(C(F)(F)F)cc1. The lowest BCUT2D eigenvalue weighted by Crippen LogP contribution is -2.37. The molecule has 0 aliphatic carbocycles. The van der Waals surface area contributed by atoms with Gasteiger partial charge in [0, 0.05) is 42.3 Å². The van der Waals surface area contributed by atoms with Crippen molar-refractivity contribution in [3.63, 3.8) is 0 Å². The fraction of sp³-hybridized carbons (Fsp3) is 0.267. The molecule has 1 aliphatic rings. The predicted molar refractivity (Wildman–Crippen MR) is 139 cm³/mol. The van der Waals surface area contributed by atoms with Crippen molar-refractivity contribution in [2.24, 2.45) is 0 Å². The molecule has 2 heterocycles. The second-order valence-electron chi connectivity index (χ2n) is 9.43. The van der Waals surface area contributed by atoms with Crippen molar-refractivity contribution in [3.8, 4) is 17.0 Å². The zero-order valence-corrected chi connectivity index (χ0v) is 21.2. The summed E-state index contributed by atoms with van der Waals surface area (Å²) in [5, 5.41) is 0.684. The van der Waals surface area contributed by atoms with Gasteiger partial charge in [-0.05, 0) is 73.0 Å². The third kappa shape index (κ3) is 5.88. The number of carbonyl (C=O) groups excluding carboxylic acids is 1. The average molecular weight is 539 g/mol. The molecule has 0 N–H and O–H groups in total. The molecule has 3 aromatic carbocycles. The van der Waals surface area contributed by atoms with E-state index in [1.807, 2.05) is 24.3 Å². The van der Waals surface area contributed by atoms with Gasteiger partial charge in [0.25, 0.3) is 5.91 Å². The van der Waals surface area contributed by atoms with E-state index in [2.05, 4.69) is 0 Å². The van der Waals surface area contributed by atoms with E-state index in [4.69, 9.17) is 14.5 Å². The molecule has 39 heavy (non-hydrogen) atoms. The minimum atomic E-state index is -4.50. The van der Waals surface area contributed by atoms with Gasteiger partial charge in [-0.1, -0.05) is 12.1 Å². The van der Waals surface area contributed by atoms with Crippen LogP contribution in [0.4, 0.5) is 17.6 Å². The molecule has 1 saturated heterocycles. The van der Waals surface area contributed by atoms with Gasteiger partial charge in [-0.15, -0.1) is 0 Å². The minimum Gasteiger partial charge on any atom is -0.496 e. The van der Waals surface area contributed by atoms with E-state index in [1.54, 1.807) is 17.0 Å². The number of methoxy groups -OCH3 is 1. The molecule has 1 amide bonds. The van der Waals surface area contributed by atoms with E-state index >= 15 is 0 Å². The van der Waals surface area contributed by atoms with E-state index in [-0.39, 0.29) is 24.8 Å². The molecule has 0 saturated carbocycles. The fourth-order valence-electron chi connectivity index (χ4n) is 4.82. The van der Waals surface area contributed by atoms with E-state index in [1.165, 1.54) is 31.4 Å². The van der Waals surface area contributed by atoms with Crippen molar-refractivity contribution >= 4 is 16.8 Å². The van der Waals surface area contributed by atoms with Crippen LogP contribution in [0.3, 0.4) is 0 Å². The molecule has 4 aromatic rings. The van der Waals surface area contributed by atoms with Crippen LogP contribution >= 0.6 is 0 Å². The van der Waals surface area contributed by atoms with Gasteiger partial charge >= 0.3 is 6.18 Å². The highest BCUT2D eigenvalue weighted by Gasteiger charge is 2.31. The van der Waals surface area contributed by atoms with Crippen LogP contribution in [0.2, 0.25) is 0 Å². The van der Waals surface area contributed by atoms with Crippen LogP contribution in [0.5, 0.6) is 5.75 Å². The number of pyridine rings is 1. The molecule has 0 spiro atoms. The van der Waals surface area contributed by atoms with Crippen molar-refractivity contribution in [2.75, 3.05) is 20.3 Å². The van der Waals surface area contributed by atoms with Crippen LogP contribution in [-0.2, 0) is 17.5 Å². The summed E-state index contributed by atoms with van der Waals surface area (Å²) in [6.07, 6.45) is -3.06. The number of ether oxygens (including phenoxy) is 2. The third-order valence-corrected chi connectivity index (χ3v) is 6.78. The van der Waals surface area contributed by atoms with Gasteiger partial charge in [0.1, 0.15) is 11.6 Å². The van der Waals surface area contributed by atoms with Gasteiger partial charge in [-0.25, -0.2) is 9.37 Å². The Morgan fingerprint density at radius 2 is 1.85 bits per heavy atom. The number of benzene rings is 3. The Hall–Kier alpha value is -3.98. The smallest absolute Gasteiger partial charge is 0.416 e. The number of hydrogen-bond acceptors (Lipinski definition) is 4. The largest absolute Gasteiger partial charge is 0.496 e. The predicted octanol–water partition coefficient (Wildman–Crippen LogP) is 6.89. The Morgan fingerprint density at radius 1 is 1.08 bits per heavy atom. The molecule has 1 fully saturated rings. The van der Waals surface area contributed by atoms with E-state index in [0.29, 0.717) is 40.1 Å². The lowest BCUT2D eigenvalue weighted by Gasteiger charge is -2.27. The van der Waals surface area contributed by atoms with Crippen molar-refractivity contribution in [2.45, 2.75) is 31.7 Å². The van der Waals surface area contributed by atoms with Crippen LogP contribution in [0.1, 0.15) is 34.3 Å². The Labute approximate surface area is 223 Å². The maximum atomic E-state index is 14.0. The summed E-state index contributed by atoms with van der Waals surface area (Å²) in [7, 11) is 1.54. The number of halogens is 4. The summed E-state index contributed by atoms with van der Waals surface area (Å²) >= 11 is 0. The summed E-state index contributed by atoms with van der Waals surface area (Å²) in [5.74, 6) is -0.294. The van der Waals surface area contributed by atoms with Crippen LogP contribution in [-0.4, -0.2) is 42.2 Å². The second kappa shape index (κ2) is 11.0. The van der Waals surface area contributed by atoms with Crippen LogP contribution in [0.15, 0.2) is 72.8 Å². The summed E-state index contributed by atoms with van der Waals surface area (Å²) in [6, 6.07) is 17.6. The number of aromatic nitrogens is 1. The van der Waals surface area contributed by atoms with Crippen molar-refractivity contribution < 1.29 is 31.8 Å². The highest BCUT2D eigenvalue weighted by atomic mass is 19.4. The highest BCUT2D eigenvalue weighted by molar-refractivity contribution is 5.94. The molecule has 1 aliphatic heterocycles. The van der Waals surface area contributed by atoms with Gasteiger partial charge in [0.05, 0.1) is 30.0 Å². The second-order valence-corrected chi connectivity index (χ2v) is 9.43. The normalized spacial score (nSPS) is 15.5. The van der Waals surface area contributed by atoms with Gasteiger partial charge in [0.2, 0.25) is 0 Å². The zero-order valence-electron chi connectivity index (χ0n) is 21.2. The topological polar surface area (TPSA) is 51.7 Å². The summed E-state index contributed by atoms with van der Waals surface area (Å²) in [4.78, 5) is 20.0. The molecule has 0 bridgehead atoms. The first-order valence-corrected chi connectivity index (χ1v) is 12.5. The van der Waals surface area contributed by atoms with Gasteiger partial charge in [-0.2, -0.15) is 13.2 Å². The molecule has 0 radical (unpaired) electrons. The van der Waals surface area contributed by atoms with E-state index < -0.39 is 23.5 Å². The molecular formula is C30H26F4N2O3. The molecular weight excluding hydrogens is 512 g/mol. The number of fused-ring (bicyclic) bond motifs is 1. The lowest BCUT2D eigenvalue weighted by atomic mass is 10.0. The Balaban J connectivity index is 1.58. The molecule has 9 heteroatoms. The quantitative estimate of drug-likeness (QED) is 0.241. The maximum Gasteiger partial charge on any atom is 0.416 e. The summed E-state index contributed by atoms with van der Waals surface area (Å²) in [5.41, 5.74) is 1.62. The molecule has 202 valence electrons. The van der Waals surface area contributed by atoms with Crippen molar-refractivity contribution in [3.05, 3.63) is 95.3 Å². The number of nitrogens with zero attached hydrogens (tertiary/aromatic N) is 2. The average Bonchev–Trinajstić information content (AvgIpc) is 3.45. The first-order chi connectivity index (χ1) is 18.7. The Bertz CT molecular complexity index is 1480. The molecule has 1 unspecified atom stereocenters. The number of amides is 1. The number of rotatable bonds is 7. The highest BCUT2D eigenvalue weighted by Crippen LogP contribution is 2.34. The molecule has 1 aromatic heterocycles.